The monoisotopic (exact) mass is 376 g/mol. The van der Waals surface area contributed by atoms with E-state index in [1.165, 1.54) is 12.1 Å². The number of aryl methyl sites for hydroxylation is 1. The fourth-order valence-corrected chi connectivity index (χ4v) is 3.33. The summed E-state index contributed by atoms with van der Waals surface area (Å²) in [4.78, 5) is 12.3. The molecule has 0 spiro atoms. The first-order valence-electron chi connectivity index (χ1n) is 9.20. The number of benzene rings is 2. The number of fused-ring (bicyclic) bond motifs is 1. The summed E-state index contributed by atoms with van der Waals surface area (Å²) in [5, 5.41) is 8.64. The molecule has 0 bridgehead atoms. The van der Waals surface area contributed by atoms with Gasteiger partial charge in [0, 0.05) is 30.7 Å². The van der Waals surface area contributed by atoms with Crippen molar-refractivity contribution < 1.29 is 4.39 Å². The lowest BCUT2D eigenvalue weighted by atomic mass is 10.1. The number of nitrogens with zero attached hydrogens (tertiary/aromatic N) is 3. The Labute approximate surface area is 162 Å². The molecule has 0 aliphatic rings. The minimum absolute atomic E-state index is 0.0481. The van der Waals surface area contributed by atoms with Gasteiger partial charge in [0.05, 0.1) is 18.3 Å². The Balaban J connectivity index is 1.75. The first kappa shape index (κ1) is 18.0. The summed E-state index contributed by atoms with van der Waals surface area (Å²) in [6.45, 7) is 3.21. The maximum absolute atomic E-state index is 13.2. The standard InChI is InChI=1S/C22H21FN4O/c1-3-24-20-10-18(14-26(2)22(20)28)16-6-7-17-12-25-27(21(17)11-16)13-15-4-8-19(23)9-5-15/h4-12,14,24H,3,13H2,1-2H3. The van der Waals surface area contributed by atoms with Crippen molar-refractivity contribution >= 4 is 16.6 Å². The molecule has 2 aromatic heterocycles. The van der Waals surface area contributed by atoms with E-state index in [1.54, 1.807) is 23.7 Å². The SMILES string of the molecule is CCNc1cc(-c2ccc3cnn(Cc4ccc(F)cc4)c3c2)cn(C)c1=O. The molecule has 0 saturated carbocycles. The normalized spacial score (nSPS) is 11.1. The summed E-state index contributed by atoms with van der Waals surface area (Å²) in [6, 6.07) is 14.5. The second kappa shape index (κ2) is 7.31. The van der Waals surface area contributed by atoms with E-state index >= 15 is 0 Å². The van der Waals surface area contributed by atoms with Gasteiger partial charge in [0.15, 0.2) is 0 Å². The molecular weight excluding hydrogens is 355 g/mol. The molecule has 0 unspecified atom stereocenters. The molecule has 4 aromatic rings. The first-order chi connectivity index (χ1) is 13.5. The van der Waals surface area contributed by atoms with Gasteiger partial charge in [-0.05, 0) is 42.3 Å². The van der Waals surface area contributed by atoms with Crippen LogP contribution in [0.25, 0.3) is 22.0 Å². The molecule has 0 aliphatic carbocycles. The Bertz CT molecular complexity index is 1190. The van der Waals surface area contributed by atoms with Gasteiger partial charge in [0.2, 0.25) is 0 Å². The van der Waals surface area contributed by atoms with Gasteiger partial charge in [-0.15, -0.1) is 0 Å². The van der Waals surface area contributed by atoms with Crippen molar-refractivity contribution in [2.45, 2.75) is 13.5 Å². The third-order valence-electron chi connectivity index (χ3n) is 4.77. The zero-order valence-corrected chi connectivity index (χ0v) is 15.8. The number of aromatic nitrogens is 3. The maximum atomic E-state index is 13.2. The minimum Gasteiger partial charge on any atom is -0.381 e. The lowest BCUT2D eigenvalue weighted by Gasteiger charge is -2.10. The van der Waals surface area contributed by atoms with Crippen molar-refractivity contribution in [3.63, 3.8) is 0 Å². The highest BCUT2D eigenvalue weighted by Crippen LogP contribution is 2.25. The van der Waals surface area contributed by atoms with Crippen LogP contribution in [0.2, 0.25) is 0 Å². The molecule has 0 radical (unpaired) electrons. The Hall–Kier alpha value is -3.41. The number of nitrogens with one attached hydrogen (secondary N) is 1. The Kier molecular flexibility index (Phi) is 4.69. The van der Waals surface area contributed by atoms with Crippen molar-refractivity contribution in [1.82, 2.24) is 14.3 Å². The van der Waals surface area contributed by atoms with E-state index in [9.17, 15) is 9.18 Å². The second-order valence-corrected chi connectivity index (χ2v) is 6.79. The van der Waals surface area contributed by atoms with Gasteiger partial charge >= 0.3 is 0 Å². The van der Waals surface area contributed by atoms with Gasteiger partial charge in [0.1, 0.15) is 11.5 Å². The molecule has 4 rings (SSSR count). The van der Waals surface area contributed by atoms with Gasteiger partial charge in [-0.2, -0.15) is 5.10 Å². The van der Waals surface area contributed by atoms with Gasteiger partial charge < -0.3 is 9.88 Å². The third kappa shape index (κ3) is 3.41. The Morgan fingerprint density at radius 1 is 1.07 bits per heavy atom. The molecule has 0 aliphatic heterocycles. The van der Waals surface area contributed by atoms with Gasteiger partial charge in [-0.1, -0.05) is 24.3 Å². The molecule has 2 aromatic carbocycles. The van der Waals surface area contributed by atoms with Crippen LogP contribution in [0.5, 0.6) is 0 Å². The highest BCUT2D eigenvalue weighted by molar-refractivity contribution is 5.84. The fourth-order valence-electron chi connectivity index (χ4n) is 3.33. The number of pyridine rings is 1. The van der Waals surface area contributed by atoms with E-state index in [0.717, 1.165) is 27.6 Å². The molecular formula is C22H21FN4O. The zero-order valence-electron chi connectivity index (χ0n) is 15.8. The van der Waals surface area contributed by atoms with E-state index in [-0.39, 0.29) is 11.4 Å². The van der Waals surface area contributed by atoms with Crippen LogP contribution in [-0.4, -0.2) is 20.9 Å². The molecule has 0 saturated heterocycles. The van der Waals surface area contributed by atoms with Gasteiger partial charge in [-0.3, -0.25) is 9.48 Å². The largest absolute Gasteiger partial charge is 0.381 e. The lowest BCUT2D eigenvalue weighted by molar-refractivity contribution is 0.625. The molecule has 2 heterocycles. The van der Waals surface area contributed by atoms with Crippen LogP contribution in [0, 0.1) is 5.82 Å². The summed E-state index contributed by atoms with van der Waals surface area (Å²) in [6.07, 6.45) is 3.67. The zero-order chi connectivity index (χ0) is 19.7. The van der Waals surface area contributed by atoms with Crippen LogP contribution in [0.1, 0.15) is 12.5 Å². The summed E-state index contributed by atoms with van der Waals surface area (Å²) in [5.74, 6) is -0.248. The Morgan fingerprint density at radius 2 is 1.86 bits per heavy atom. The lowest BCUT2D eigenvalue weighted by Crippen LogP contribution is -2.20. The van der Waals surface area contributed by atoms with Crippen molar-refractivity contribution in [1.29, 1.82) is 0 Å². The van der Waals surface area contributed by atoms with E-state index in [4.69, 9.17) is 0 Å². The van der Waals surface area contributed by atoms with Crippen LogP contribution < -0.4 is 10.9 Å². The van der Waals surface area contributed by atoms with Crippen LogP contribution >= 0.6 is 0 Å². The second-order valence-electron chi connectivity index (χ2n) is 6.79. The number of anilines is 1. The summed E-state index contributed by atoms with van der Waals surface area (Å²) in [7, 11) is 1.75. The van der Waals surface area contributed by atoms with Crippen LogP contribution in [0.3, 0.4) is 0 Å². The smallest absolute Gasteiger partial charge is 0.273 e. The molecule has 5 nitrogen and oxygen atoms in total. The van der Waals surface area contributed by atoms with Crippen molar-refractivity contribution in [3.05, 3.63) is 82.7 Å². The number of rotatable bonds is 5. The third-order valence-corrected chi connectivity index (χ3v) is 4.77. The predicted octanol–water partition coefficient (Wildman–Crippen LogP) is 4.02. The highest BCUT2D eigenvalue weighted by Gasteiger charge is 2.09. The van der Waals surface area contributed by atoms with Crippen molar-refractivity contribution in [2.24, 2.45) is 7.05 Å². The quantitative estimate of drug-likeness (QED) is 0.572. The minimum atomic E-state index is -0.248. The fraction of sp³-hybridized carbons (Fsp3) is 0.182. The van der Waals surface area contributed by atoms with E-state index in [0.29, 0.717) is 18.8 Å². The number of hydrogen-bond acceptors (Lipinski definition) is 3. The van der Waals surface area contributed by atoms with Gasteiger partial charge in [0.25, 0.3) is 5.56 Å². The van der Waals surface area contributed by atoms with Crippen LogP contribution in [0.15, 0.2) is 65.7 Å². The molecule has 0 fully saturated rings. The summed E-state index contributed by atoms with van der Waals surface area (Å²) >= 11 is 0. The first-order valence-corrected chi connectivity index (χ1v) is 9.20. The molecule has 1 N–H and O–H groups in total. The molecule has 0 atom stereocenters. The predicted molar refractivity (Wildman–Crippen MR) is 110 cm³/mol. The van der Waals surface area contributed by atoms with Crippen molar-refractivity contribution in [2.75, 3.05) is 11.9 Å². The van der Waals surface area contributed by atoms with Crippen LogP contribution in [0.4, 0.5) is 10.1 Å². The topological polar surface area (TPSA) is 51.9 Å². The average molecular weight is 376 g/mol. The van der Waals surface area contributed by atoms with E-state index in [1.807, 2.05) is 42.2 Å². The molecule has 28 heavy (non-hydrogen) atoms. The highest BCUT2D eigenvalue weighted by atomic mass is 19.1. The average Bonchev–Trinajstić information content (AvgIpc) is 3.09. The molecule has 0 amide bonds. The van der Waals surface area contributed by atoms with Crippen molar-refractivity contribution in [3.8, 4) is 11.1 Å². The van der Waals surface area contributed by atoms with E-state index in [2.05, 4.69) is 16.5 Å². The summed E-state index contributed by atoms with van der Waals surface area (Å²) < 4.78 is 16.6. The number of halogens is 1. The Morgan fingerprint density at radius 3 is 2.61 bits per heavy atom. The van der Waals surface area contributed by atoms with Gasteiger partial charge in [-0.25, -0.2) is 4.39 Å². The molecule has 6 heteroatoms. The summed E-state index contributed by atoms with van der Waals surface area (Å²) in [5.41, 5.74) is 4.46. The number of hydrogen-bond donors (Lipinski definition) is 1. The van der Waals surface area contributed by atoms with E-state index < -0.39 is 0 Å². The maximum Gasteiger partial charge on any atom is 0.273 e. The molecule has 142 valence electrons. The van der Waals surface area contributed by atoms with Crippen LogP contribution in [-0.2, 0) is 13.6 Å².